The lowest BCUT2D eigenvalue weighted by atomic mass is 9.99. The van der Waals surface area contributed by atoms with E-state index in [1.165, 1.54) is 0 Å². The second-order valence-electron chi connectivity index (χ2n) is 5.07. The van der Waals surface area contributed by atoms with Crippen LogP contribution in [-0.2, 0) is 9.53 Å². The molecule has 0 radical (unpaired) electrons. The van der Waals surface area contributed by atoms with Gasteiger partial charge in [0.15, 0.2) is 0 Å². The number of morpholine rings is 1. The average molecular weight is 357 g/mol. The lowest BCUT2D eigenvalue weighted by molar-refractivity contribution is -0.140. The van der Waals surface area contributed by atoms with Crippen molar-refractivity contribution in [3.63, 3.8) is 0 Å². The van der Waals surface area contributed by atoms with Gasteiger partial charge in [0.05, 0.1) is 36.9 Å². The monoisotopic (exact) mass is 356 g/mol. The first-order valence-corrected chi connectivity index (χ1v) is 7.66. The molecule has 2 fully saturated rings. The fourth-order valence-corrected chi connectivity index (χ4v) is 2.83. The summed E-state index contributed by atoms with van der Waals surface area (Å²) >= 11 is 3.33. The van der Waals surface area contributed by atoms with Gasteiger partial charge in [-0.25, -0.2) is 4.98 Å². The molecule has 0 atom stereocenters. The van der Waals surface area contributed by atoms with Crippen molar-refractivity contribution in [2.75, 3.05) is 51.4 Å². The van der Waals surface area contributed by atoms with Crippen molar-refractivity contribution in [1.82, 2.24) is 14.9 Å². The first kappa shape index (κ1) is 14.5. The molecular formula is C13H17BrN4O3. The zero-order valence-corrected chi connectivity index (χ0v) is 13.4. The third-order valence-corrected chi connectivity index (χ3v) is 4.27. The fraction of sp³-hybridized carbons (Fsp3) is 0.615. The highest BCUT2D eigenvalue weighted by Crippen LogP contribution is 2.27. The molecule has 114 valence electrons. The number of ether oxygens (including phenoxy) is 2. The Labute approximate surface area is 131 Å². The van der Waals surface area contributed by atoms with E-state index in [0.29, 0.717) is 51.2 Å². The quantitative estimate of drug-likeness (QED) is 0.787. The van der Waals surface area contributed by atoms with Gasteiger partial charge in [0.1, 0.15) is 0 Å². The van der Waals surface area contributed by atoms with Crippen LogP contribution in [0, 0.1) is 5.92 Å². The lowest BCUT2D eigenvalue weighted by Gasteiger charge is -2.41. The molecule has 0 N–H and O–H groups in total. The molecule has 0 unspecified atom stereocenters. The van der Waals surface area contributed by atoms with Crippen LogP contribution in [-0.4, -0.2) is 67.3 Å². The largest absolute Gasteiger partial charge is 0.480 e. The summed E-state index contributed by atoms with van der Waals surface area (Å²) < 4.78 is 11.1. The molecule has 3 rings (SSSR count). The summed E-state index contributed by atoms with van der Waals surface area (Å²) in [5.74, 6) is 1.34. The van der Waals surface area contributed by atoms with Crippen LogP contribution < -0.4 is 9.64 Å². The van der Waals surface area contributed by atoms with Crippen LogP contribution >= 0.6 is 15.9 Å². The molecule has 21 heavy (non-hydrogen) atoms. The Balaban J connectivity index is 1.58. The van der Waals surface area contributed by atoms with Gasteiger partial charge in [0.25, 0.3) is 0 Å². The smallest absolute Gasteiger partial charge is 0.232 e. The second kappa shape index (κ2) is 6.15. The third-order valence-electron chi connectivity index (χ3n) is 3.73. The Kier molecular flexibility index (Phi) is 4.25. The first-order chi connectivity index (χ1) is 10.2. The van der Waals surface area contributed by atoms with Crippen molar-refractivity contribution in [3.8, 4) is 5.88 Å². The minimum absolute atomic E-state index is 0.0290. The zero-order chi connectivity index (χ0) is 14.8. The molecular weight excluding hydrogens is 340 g/mol. The van der Waals surface area contributed by atoms with E-state index >= 15 is 0 Å². The summed E-state index contributed by atoms with van der Waals surface area (Å²) in [5, 5.41) is 0. The van der Waals surface area contributed by atoms with Gasteiger partial charge in [-0.1, -0.05) is 0 Å². The molecule has 3 heterocycles. The minimum Gasteiger partial charge on any atom is -0.480 e. The average Bonchev–Trinajstić information content (AvgIpc) is 2.48. The van der Waals surface area contributed by atoms with Crippen LogP contribution in [0.4, 0.5) is 5.95 Å². The molecule has 0 aliphatic carbocycles. The molecule has 1 aromatic rings. The molecule has 0 spiro atoms. The van der Waals surface area contributed by atoms with Gasteiger partial charge in [0.2, 0.25) is 17.7 Å². The van der Waals surface area contributed by atoms with Crippen LogP contribution in [0.15, 0.2) is 10.7 Å². The van der Waals surface area contributed by atoms with E-state index in [1.54, 1.807) is 13.3 Å². The summed E-state index contributed by atoms with van der Waals surface area (Å²) in [6, 6.07) is 0. The van der Waals surface area contributed by atoms with Crippen molar-refractivity contribution in [1.29, 1.82) is 0 Å². The molecule has 0 aromatic carbocycles. The number of anilines is 1. The highest BCUT2D eigenvalue weighted by Gasteiger charge is 2.37. The maximum absolute atomic E-state index is 12.3. The molecule has 2 saturated heterocycles. The number of amides is 1. The van der Waals surface area contributed by atoms with Gasteiger partial charge in [0, 0.05) is 26.2 Å². The van der Waals surface area contributed by atoms with Gasteiger partial charge < -0.3 is 19.3 Å². The number of carbonyl (C=O) groups excluding carboxylic acids is 1. The van der Waals surface area contributed by atoms with Crippen molar-refractivity contribution < 1.29 is 14.3 Å². The zero-order valence-electron chi connectivity index (χ0n) is 11.8. The van der Waals surface area contributed by atoms with Gasteiger partial charge >= 0.3 is 0 Å². The summed E-state index contributed by atoms with van der Waals surface area (Å²) in [7, 11) is 1.57. The number of halogens is 1. The number of carbonyl (C=O) groups is 1. The minimum atomic E-state index is 0.0290. The number of rotatable bonds is 3. The van der Waals surface area contributed by atoms with Crippen molar-refractivity contribution >= 4 is 27.8 Å². The number of nitrogens with zero attached hydrogens (tertiary/aromatic N) is 4. The summed E-state index contributed by atoms with van der Waals surface area (Å²) in [6.07, 6.45) is 1.66. The highest BCUT2D eigenvalue weighted by molar-refractivity contribution is 9.10. The molecule has 0 saturated carbocycles. The standard InChI is InChI=1S/C13H17BrN4O3/c1-20-11-10(14)6-15-13(16-11)18-7-9(8-18)12(19)17-2-4-21-5-3-17/h6,9H,2-5,7-8H2,1H3. The molecule has 0 bridgehead atoms. The Bertz CT molecular complexity index is 530. The summed E-state index contributed by atoms with van der Waals surface area (Å²) in [4.78, 5) is 24.8. The van der Waals surface area contributed by atoms with Gasteiger partial charge in [-0.3, -0.25) is 4.79 Å². The summed E-state index contributed by atoms with van der Waals surface area (Å²) in [5.41, 5.74) is 0. The van der Waals surface area contributed by atoms with E-state index in [9.17, 15) is 4.79 Å². The van der Waals surface area contributed by atoms with Gasteiger partial charge in [-0.05, 0) is 15.9 Å². The maximum atomic E-state index is 12.3. The molecule has 2 aliphatic rings. The van der Waals surface area contributed by atoms with E-state index in [1.807, 2.05) is 9.80 Å². The SMILES string of the molecule is COc1nc(N2CC(C(=O)N3CCOCC3)C2)ncc1Br. The van der Waals surface area contributed by atoms with Crippen LogP contribution in [0.1, 0.15) is 0 Å². The molecule has 1 amide bonds. The van der Waals surface area contributed by atoms with Gasteiger partial charge in [-0.2, -0.15) is 4.98 Å². The number of hydrogen-bond acceptors (Lipinski definition) is 6. The van der Waals surface area contributed by atoms with Gasteiger partial charge in [-0.15, -0.1) is 0 Å². The second-order valence-corrected chi connectivity index (χ2v) is 5.92. The van der Waals surface area contributed by atoms with Crippen molar-refractivity contribution in [2.24, 2.45) is 5.92 Å². The maximum Gasteiger partial charge on any atom is 0.232 e. The third kappa shape index (κ3) is 2.96. The van der Waals surface area contributed by atoms with Crippen LogP contribution in [0.3, 0.4) is 0 Å². The van der Waals surface area contributed by atoms with E-state index in [4.69, 9.17) is 9.47 Å². The van der Waals surface area contributed by atoms with Crippen molar-refractivity contribution in [3.05, 3.63) is 10.7 Å². The van der Waals surface area contributed by atoms with Crippen LogP contribution in [0.5, 0.6) is 5.88 Å². The Hall–Kier alpha value is -1.41. The fourth-order valence-electron chi connectivity index (χ4n) is 2.48. The summed E-state index contributed by atoms with van der Waals surface area (Å²) in [6.45, 7) is 3.96. The Morgan fingerprint density at radius 1 is 1.43 bits per heavy atom. The van der Waals surface area contributed by atoms with E-state index < -0.39 is 0 Å². The highest BCUT2D eigenvalue weighted by atomic mass is 79.9. The molecule has 2 aliphatic heterocycles. The first-order valence-electron chi connectivity index (χ1n) is 6.87. The lowest BCUT2D eigenvalue weighted by Crippen LogP contribution is -2.56. The number of hydrogen-bond donors (Lipinski definition) is 0. The number of aromatic nitrogens is 2. The molecule has 1 aromatic heterocycles. The van der Waals surface area contributed by atoms with Crippen LogP contribution in [0.2, 0.25) is 0 Å². The molecule has 8 heteroatoms. The molecule has 7 nitrogen and oxygen atoms in total. The van der Waals surface area contributed by atoms with E-state index in [0.717, 1.165) is 4.47 Å². The predicted octanol–water partition coefficient (Wildman–Crippen LogP) is 0.543. The topological polar surface area (TPSA) is 67.8 Å². The van der Waals surface area contributed by atoms with E-state index in [-0.39, 0.29) is 11.8 Å². The normalized spacial score (nSPS) is 19.3. The Morgan fingerprint density at radius 3 is 2.81 bits per heavy atom. The van der Waals surface area contributed by atoms with E-state index in [2.05, 4.69) is 25.9 Å². The number of methoxy groups -OCH3 is 1. The van der Waals surface area contributed by atoms with Crippen molar-refractivity contribution in [2.45, 2.75) is 0 Å². The Morgan fingerprint density at radius 2 is 2.14 bits per heavy atom. The predicted molar refractivity (Wildman–Crippen MR) is 79.4 cm³/mol. The van der Waals surface area contributed by atoms with Crippen LogP contribution in [0.25, 0.3) is 0 Å².